The minimum absolute atomic E-state index is 0.152. The summed E-state index contributed by atoms with van der Waals surface area (Å²) in [7, 11) is 7.53. The minimum Gasteiger partial charge on any atom is -0.388 e. The van der Waals surface area contributed by atoms with E-state index in [4.69, 9.17) is 0 Å². The average Bonchev–Trinajstić information content (AvgIpc) is 3.00. The highest BCUT2D eigenvalue weighted by molar-refractivity contribution is 5.57. The van der Waals surface area contributed by atoms with E-state index in [1.165, 1.54) is 41.8 Å². The standard InChI is InChI=1S/C23H34N2.C2H6O/c1-8-19-15-25-13-12-23(22(25)9-2,18(5)17(19)4)21-14-20(24(6)7)11-10-16(21)3;1-3-2/h8,10-11,14,22H,9,12-13,15H2,1-7H3;1-2H3/b19-8+;. The van der Waals surface area contributed by atoms with E-state index in [1.54, 1.807) is 25.4 Å². The van der Waals surface area contributed by atoms with Gasteiger partial charge in [-0.25, -0.2) is 0 Å². The van der Waals surface area contributed by atoms with Crippen LogP contribution in [0.2, 0.25) is 0 Å². The second kappa shape index (κ2) is 9.28. The first-order valence-corrected chi connectivity index (χ1v) is 10.5. The average molecular weight is 385 g/mol. The number of nitrogens with zero attached hydrogens (tertiary/aromatic N) is 2. The summed E-state index contributed by atoms with van der Waals surface area (Å²) in [5.41, 5.74) is 9.05. The number of hydrogen-bond donors (Lipinski definition) is 0. The molecule has 1 saturated heterocycles. The van der Waals surface area contributed by atoms with Crippen LogP contribution in [0.25, 0.3) is 0 Å². The van der Waals surface area contributed by atoms with Crippen molar-refractivity contribution >= 4 is 5.69 Å². The van der Waals surface area contributed by atoms with Crippen molar-refractivity contribution in [1.29, 1.82) is 0 Å². The lowest BCUT2D eigenvalue weighted by Crippen LogP contribution is -2.42. The molecule has 2 aliphatic rings. The number of rotatable bonds is 3. The van der Waals surface area contributed by atoms with E-state index in [0.29, 0.717) is 6.04 Å². The summed E-state index contributed by atoms with van der Waals surface area (Å²) in [5, 5.41) is 0. The molecule has 28 heavy (non-hydrogen) atoms. The van der Waals surface area contributed by atoms with Gasteiger partial charge in [-0.1, -0.05) is 24.6 Å². The fraction of sp³-hybridized carbons (Fsp3) is 0.600. The van der Waals surface area contributed by atoms with Gasteiger partial charge < -0.3 is 9.64 Å². The van der Waals surface area contributed by atoms with Crippen LogP contribution in [0.4, 0.5) is 5.69 Å². The number of methoxy groups -OCH3 is 1. The molecule has 156 valence electrons. The molecule has 0 aliphatic carbocycles. The largest absolute Gasteiger partial charge is 0.388 e. The highest BCUT2D eigenvalue weighted by Crippen LogP contribution is 2.52. The lowest BCUT2D eigenvalue weighted by Gasteiger charge is -2.40. The highest BCUT2D eigenvalue weighted by atomic mass is 16.4. The van der Waals surface area contributed by atoms with Crippen molar-refractivity contribution in [1.82, 2.24) is 4.90 Å². The molecule has 2 heterocycles. The Hall–Kier alpha value is -1.58. The molecule has 3 heteroatoms. The number of benzene rings is 1. The van der Waals surface area contributed by atoms with Crippen LogP contribution in [0, 0.1) is 6.92 Å². The molecule has 0 radical (unpaired) electrons. The van der Waals surface area contributed by atoms with Crippen molar-refractivity contribution < 1.29 is 4.74 Å². The van der Waals surface area contributed by atoms with Crippen molar-refractivity contribution in [2.24, 2.45) is 0 Å². The van der Waals surface area contributed by atoms with E-state index in [9.17, 15) is 0 Å². The molecule has 3 nitrogen and oxygen atoms in total. The first-order valence-electron chi connectivity index (χ1n) is 10.5. The van der Waals surface area contributed by atoms with Crippen molar-refractivity contribution in [2.45, 2.75) is 58.9 Å². The van der Waals surface area contributed by atoms with Crippen LogP contribution in [0.1, 0.15) is 51.7 Å². The Morgan fingerprint density at radius 3 is 2.39 bits per heavy atom. The van der Waals surface area contributed by atoms with Gasteiger partial charge in [-0.05, 0) is 74.9 Å². The molecule has 1 aromatic rings. The van der Waals surface area contributed by atoms with E-state index in [2.05, 4.69) is 87.5 Å². The maximum absolute atomic E-state index is 4.25. The molecule has 1 fully saturated rings. The zero-order chi connectivity index (χ0) is 21.1. The number of fused-ring (bicyclic) bond motifs is 2. The van der Waals surface area contributed by atoms with Gasteiger partial charge in [-0.2, -0.15) is 0 Å². The number of ether oxygens (including phenoxy) is 1. The molecule has 3 rings (SSSR count). The zero-order valence-electron chi connectivity index (χ0n) is 19.5. The van der Waals surface area contributed by atoms with E-state index < -0.39 is 0 Å². The van der Waals surface area contributed by atoms with Gasteiger partial charge in [0.05, 0.1) is 0 Å². The summed E-state index contributed by atoms with van der Waals surface area (Å²) in [6.07, 6.45) is 4.76. The van der Waals surface area contributed by atoms with Crippen LogP contribution in [0.3, 0.4) is 0 Å². The molecule has 0 aromatic heterocycles. The first-order chi connectivity index (χ1) is 13.3. The lowest BCUT2D eigenvalue weighted by atomic mass is 9.66. The molecule has 2 bridgehead atoms. The first kappa shape index (κ1) is 22.7. The molecule has 0 saturated carbocycles. The smallest absolute Gasteiger partial charge is 0.0364 e. The van der Waals surface area contributed by atoms with Gasteiger partial charge in [-0.3, -0.25) is 4.90 Å². The van der Waals surface area contributed by atoms with Gasteiger partial charge in [0.25, 0.3) is 0 Å². The lowest BCUT2D eigenvalue weighted by molar-refractivity contribution is 0.235. The molecule has 0 spiro atoms. The summed E-state index contributed by atoms with van der Waals surface area (Å²) >= 11 is 0. The van der Waals surface area contributed by atoms with Crippen LogP contribution < -0.4 is 4.90 Å². The summed E-state index contributed by atoms with van der Waals surface area (Å²) in [4.78, 5) is 4.96. The number of hydrogen-bond acceptors (Lipinski definition) is 3. The molecule has 0 N–H and O–H groups in total. The fourth-order valence-electron chi connectivity index (χ4n) is 5.29. The number of anilines is 1. The quantitative estimate of drug-likeness (QED) is 0.699. The van der Waals surface area contributed by atoms with Gasteiger partial charge in [0.2, 0.25) is 0 Å². The van der Waals surface area contributed by atoms with Crippen molar-refractivity contribution in [3.05, 3.63) is 52.1 Å². The molecule has 2 aliphatic heterocycles. The molecule has 1 aromatic carbocycles. The van der Waals surface area contributed by atoms with Gasteiger partial charge >= 0.3 is 0 Å². The highest BCUT2D eigenvalue weighted by Gasteiger charge is 2.51. The van der Waals surface area contributed by atoms with Crippen LogP contribution in [0.15, 0.2) is 41.0 Å². The molecular weight excluding hydrogens is 344 g/mol. The molecule has 0 amide bonds. The third-order valence-corrected chi connectivity index (χ3v) is 6.84. The molecular formula is C25H40N2O. The summed E-state index contributed by atoms with van der Waals surface area (Å²) in [6, 6.07) is 7.62. The van der Waals surface area contributed by atoms with Crippen LogP contribution in [0.5, 0.6) is 0 Å². The van der Waals surface area contributed by atoms with Crippen molar-refractivity contribution in [3.63, 3.8) is 0 Å². The summed E-state index contributed by atoms with van der Waals surface area (Å²) in [6.45, 7) is 13.9. The van der Waals surface area contributed by atoms with E-state index in [0.717, 1.165) is 6.54 Å². The summed E-state index contributed by atoms with van der Waals surface area (Å²) in [5.74, 6) is 0. The molecule has 3 atom stereocenters. The Balaban J connectivity index is 0.000000878. The van der Waals surface area contributed by atoms with Gasteiger partial charge in [-0.15, -0.1) is 0 Å². The third-order valence-electron chi connectivity index (χ3n) is 6.84. The zero-order valence-corrected chi connectivity index (χ0v) is 19.5. The maximum atomic E-state index is 4.25. The second-order valence-corrected chi connectivity index (χ2v) is 8.48. The topological polar surface area (TPSA) is 15.7 Å². The Kier molecular flexibility index (Phi) is 7.52. The SMILES string of the molecule is C/C=C1\CN2CCC(c3cc(N(C)C)ccc3C)(C(C)=C1C)C2CC.COC. The maximum Gasteiger partial charge on any atom is 0.0364 e. The Morgan fingerprint density at radius 1 is 1.21 bits per heavy atom. The monoisotopic (exact) mass is 384 g/mol. The van der Waals surface area contributed by atoms with Gasteiger partial charge in [0, 0.05) is 58.5 Å². The summed E-state index contributed by atoms with van der Waals surface area (Å²) < 4.78 is 4.25. The third kappa shape index (κ3) is 3.79. The van der Waals surface area contributed by atoms with E-state index in [-0.39, 0.29) is 5.41 Å². The Bertz CT molecular complexity index is 747. The van der Waals surface area contributed by atoms with Gasteiger partial charge in [0.15, 0.2) is 0 Å². The van der Waals surface area contributed by atoms with Gasteiger partial charge in [0.1, 0.15) is 0 Å². The number of allylic oxidation sites excluding steroid dienone is 1. The van der Waals surface area contributed by atoms with E-state index >= 15 is 0 Å². The normalized spacial score (nSPS) is 28.1. The number of aryl methyl sites for hydroxylation is 1. The van der Waals surface area contributed by atoms with Crippen LogP contribution in [-0.2, 0) is 10.2 Å². The van der Waals surface area contributed by atoms with Crippen LogP contribution in [-0.4, -0.2) is 52.3 Å². The Labute approximate surface area is 173 Å². The van der Waals surface area contributed by atoms with E-state index in [1.807, 2.05) is 0 Å². The Morgan fingerprint density at radius 2 is 1.86 bits per heavy atom. The predicted octanol–water partition coefficient (Wildman–Crippen LogP) is 5.34. The van der Waals surface area contributed by atoms with Crippen LogP contribution >= 0.6 is 0 Å². The fourth-order valence-corrected chi connectivity index (χ4v) is 5.29. The van der Waals surface area contributed by atoms with Crippen molar-refractivity contribution in [3.8, 4) is 0 Å². The molecule has 3 unspecified atom stereocenters. The second-order valence-electron chi connectivity index (χ2n) is 8.48. The minimum atomic E-state index is 0.152. The predicted molar refractivity (Wildman–Crippen MR) is 123 cm³/mol. The van der Waals surface area contributed by atoms with Crippen molar-refractivity contribution in [2.75, 3.05) is 46.3 Å².